The monoisotopic (exact) mass is 294 g/mol. The largest absolute Gasteiger partial charge is 0.398 e. The number of carbonyl (C=O) groups excluding carboxylic acids is 1. The Bertz CT molecular complexity index is 641. The van der Waals surface area contributed by atoms with E-state index in [4.69, 9.17) is 28.9 Å². The van der Waals surface area contributed by atoms with E-state index in [0.29, 0.717) is 22.0 Å². The van der Waals surface area contributed by atoms with Crippen molar-refractivity contribution >= 4 is 40.5 Å². The van der Waals surface area contributed by atoms with Gasteiger partial charge in [-0.25, -0.2) is 0 Å². The molecule has 19 heavy (non-hydrogen) atoms. The summed E-state index contributed by atoms with van der Waals surface area (Å²) < 4.78 is 0. The van der Waals surface area contributed by atoms with Gasteiger partial charge in [0.2, 0.25) is 0 Å². The molecule has 1 amide bonds. The van der Waals surface area contributed by atoms with Crippen LogP contribution < -0.4 is 11.1 Å². The molecule has 0 aliphatic carbocycles. The van der Waals surface area contributed by atoms with Gasteiger partial charge in [0.25, 0.3) is 5.91 Å². The minimum absolute atomic E-state index is 0.239. The molecule has 3 nitrogen and oxygen atoms in total. The number of hydrogen-bond acceptors (Lipinski definition) is 2. The Kier molecular flexibility index (Phi) is 3.98. The van der Waals surface area contributed by atoms with Crippen LogP contribution in [0, 0.1) is 6.92 Å². The molecule has 0 radical (unpaired) electrons. The van der Waals surface area contributed by atoms with Crippen molar-refractivity contribution in [2.24, 2.45) is 0 Å². The number of benzene rings is 2. The summed E-state index contributed by atoms with van der Waals surface area (Å²) >= 11 is 11.9. The third-order valence-corrected chi connectivity index (χ3v) is 3.64. The zero-order valence-corrected chi connectivity index (χ0v) is 11.7. The van der Waals surface area contributed by atoms with Crippen molar-refractivity contribution in [3.05, 3.63) is 57.6 Å². The Morgan fingerprint density at radius 1 is 1.16 bits per heavy atom. The Hall–Kier alpha value is -1.71. The minimum atomic E-state index is -0.318. The number of nitrogens with two attached hydrogens (primary N) is 1. The molecule has 0 spiro atoms. The molecular formula is C14H12Cl2N2O. The second-order valence-corrected chi connectivity index (χ2v) is 4.86. The van der Waals surface area contributed by atoms with Gasteiger partial charge < -0.3 is 11.1 Å². The Morgan fingerprint density at radius 2 is 1.84 bits per heavy atom. The summed E-state index contributed by atoms with van der Waals surface area (Å²) in [6.45, 7) is 1.84. The predicted octanol–water partition coefficient (Wildman–Crippen LogP) is 4.14. The molecule has 2 aromatic rings. The van der Waals surface area contributed by atoms with E-state index in [9.17, 15) is 4.79 Å². The third-order valence-electron chi connectivity index (χ3n) is 2.82. The van der Waals surface area contributed by atoms with Gasteiger partial charge in [0.1, 0.15) is 0 Å². The number of nitrogens with one attached hydrogen (secondary N) is 1. The summed E-state index contributed by atoms with van der Waals surface area (Å²) in [6, 6.07) is 10.3. The minimum Gasteiger partial charge on any atom is -0.398 e. The summed E-state index contributed by atoms with van der Waals surface area (Å²) in [5.41, 5.74) is 8.21. The summed E-state index contributed by atoms with van der Waals surface area (Å²) in [5.74, 6) is -0.318. The molecule has 3 N–H and O–H groups in total. The lowest BCUT2D eigenvalue weighted by Gasteiger charge is -2.11. The Morgan fingerprint density at radius 3 is 2.58 bits per heavy atom. The third kappa shape index (κ3) is 2.83. The van der Waals surface area contributed by atoms with Gasteiger partial charge >= 0.3 is 0 Å². The quantitative estimate of drug-likeness (QED) is 0.818. The van der Waals surface area contributed by atoms with Crippen molar-refractivity contribution in [1.29, 1.82) is 0 Å². The fourth-order valence-electron chi connectivity index (χ4n) is 1.66. The van der Waals surface area contributed by atoms with Crippen LogP contribution in [0.2, 0.25) is 10.0 Å². The van der Waals surface area contributed by atoms with Gasteiger partial charge in [-0.15, -0.1) is 0 Å². The van der Waals surface area contributed by atoms with Crippen molar-refractivity contribution < 1.29 is 4.79 Å². The smallest absolute Gasteiger partial charge is 0.257 e. The second-order valence-electron chi connectivity index (χ2n) is 4.08. The van der Waals surface area contributed by atoms with Gasteiger partial charge in [0.05, 0.1) is 15.6 Å². The standard InChI is InChI=1S/C14H12Cl2N2O/c1-8-11(17)6-3-7-12(8)18-14(19)9-4-2-5-10(15)13(9)16/h2-7H,17H2,1H3,(H,18,19). The Balaban J connectivity index is 2.31. The lowest BCUT2D eigenvalue weighted by atomic mass is 10.1. The molecule has 0 heterocycles. The molecule has 98 valence electrons. The number of anilines is 2. The van der Waals surface area contributed by atoms with Crippen LogP contribution in [0.5, 0.6) is 0 Å². The number of amides is 1. The van der Waals surface area contributed by atoms with Gasteiger partial charge in [-0.1, -0.05) is 35.3 Å². The van der Waals surface area contributed by atoms with Crippen LogP contribution in [-0.2, 0) is 0 Å². The first-order valence-electron chi connectivity index (χ1n) is 5.61. The van der Waals surface area contributed by atoms with Gasteiger partial charge in [0, 0.05) is 11.4 Å². The Labute approximate surface area is 121 Å². The maximum Gasteiger partial charge on any atom is 0.257 e. The van der Waals surface area contributed by atoms with E-state index in [-0.39, 0.29) is 10.9 Å². The molecule has 2 aromatic carbocycles. The summed E-state index contributed by atoms with van der Waals surface area (Å²) in [5, 5.41) is 3.36. The van der Waals surface area contributed by atoms with Crippen molar-refractivity contribution in [3.8, 4) is 0 Å². The van der Waals surface area contributed by atoms with Crippen molar-refractivity contribution in [2.75, 3.05) is 11.1 Å². The number of carbonyl (C=O) groups is 1. The van der Waals surface area contributed by atoms with E-state index in [1.54, 1.807) is 36.4 Å². The first kappa shape index (κ1) is 13.7. The van der Waals surface area contributed by atoms with Gasteiger partial charge in [-0.3, -0.25) is 4.79 Å². The second kappa shape index (κ2) is 5.51. The van der Waals surface area contributed by atoms with E-state index >= 15 is 0 Å². The summed E-state index contributed by atoms with van der Waals surface area (Å²) in [4.78, 5) is 12.2. The molecule has 2 rings (SSSR count). The van der Waals surface area contributed by atoms with E-state index in [2.05, 4.69) is 5.32 Å². The van der Waals surface area contributed by atoms with E-state index in [1.807, 2.05) is 6.92 Å². The van der Waals surface area contributed by atoms with Gasteiger partial charge in [-0.05, 0) is 36.8 Å². The zero-order chi connectivity index (χ0) is 14.0. The molecular weight excluding hydrogens is 283 g/mol. The van der Waals surface area contributed by atoms with Crippen LogP contribution in [-0.4, -0.2) is 5.91 Å². The highest BCUT2D eigenvalue weighted by atomic mass is 35.5. The SMILES string of the molecule is Cc1c(N)cccc1NC(=O)c1cccc(Cl)c1Cl. The topological polar surface area (TPSA) is 55.1 Å². The van der Waals surface area contributed by atoms with E-state index in [1.165, 1.54) is 0 Å². The van der Waals surface area contributed by atoms with Crippen LogP contribution >= 0.6 is 23.2 Å². The molecule has 0 fully saturated rings. The molecule has 0 atom stereocenters. The summed E-state index contributed by atoms with van der Waals surface area (Å²) in [7, 11) is 0. The molecule has 0 aliphatic heterocycles. The number of hydrogen-bond donors (Lipinski definition) is 2. The highest BCUT2D eigenvalue weighted by molar-refractivity contribution is 6.44. The van der Waals surface area contributed by atoms with Crippen LogP contribution in [0.4, 0.5) is 11.4 Å². The highest BCUT2D eigenvalue weighted by Crippen LogP contribution is 2.27. The normalized spacial score (nSPS) is 10.3. The van der Waals surface area contributed by atoms with Crippen molar-refractivity contribution in [3.63, 3.8) is 0 Å². The van der Waals surface area contributed by atoms with Crippen LogP contribution in [0.3, 0.4) is 0 Å². The molecule has 0 aromatic heterocycles. The van der Waals surface area contributed by atoms with Crippen LogP contribution in [0.15, 0.2) is 36.4 Å². The molecule has 0 bridgehead atoms. The van der Waals surface area contributed by atoms with Crippen LogP contribution in [0.25, 0.3) is 0 Å². The summed E-state index contributed by atoms with van der Waals surface area (Å²) in [6.07, 6.45) is 0. The predicted molar refractivity (Wildman–Crippen MR) is 80.0 cm³/mol. The molecule has 0 saturated heterocycles. The first-order valence-corrected chi connectivity index (χ1v) is 6.36. The van der Waals surface area contributed by atoms with E-state index < -0.39 is 0 Å². The fraction of sp³-hybridized carbons (Fsp3) is 0.0714. The maximum atomic E-state index is 12.2. The van der Waals surface area contributed by atoms with Gasteiger partial charge in [0.15, 0.2) is 0 Å². The molecule has 0 unspecified atom stereocenters. The van der Waals surface area contributed by atoms with Crippen molar-refractivity contribution in [1.82, 2.24) is 0 Å². The zero-order valence-electron chi connectivity index (χ0n) is 10.2. The molecule has 0 aliphatic rings. The average molecular weight is 295 g/mol. The fourth-order valence-corrected chi connectivity index (χ4v) is 2.04. The van der Waals surface area contributed by atoms with E-state index in [0.717, 1.165) is 5.56 Å². The van der Waals surface area contributed by atoms with Gasteiger partial charge in [-0.2, -0.15) is 0 Å². The lowest BCUT2D eigenvalue weighted by molar-refractivity contribution is 0.102. The average Bonchev–Trinajstić information content (AvgIpc) is 2.38. The van der Waals surface area contributed by atoms with Crippen molar-refractivity contribution in [2.45, 2.75) is 6.92 Å². The number of rotatable bonds is 2. The number of nitrogen functional groups attached to an aromatic ring is 1. The number of halogens is 2. The lowest BCUT2D eigenvalue weighted by Crippen LogP contribution is -2.13. The van der Waals surface area contributed by atoms with Crippen LogP contribution in [0.1, 0.15) is 15.9 Å². The molecule has 0 saturated carbocycles. The highest BCUT2D eigenvalue weighted by Gasteiger charge is 2.13. The molecule has 5 heteroatoms. The first-order chi connectivity index (χ1) is 9.00. The maximum absolute atomic E-state index is 12.2.